The maximum Gasteiger partial charge on any atom is 0.272 e. The smallest absolute Gasteiger partial charge is 0.272 e. The van der Waals surface area contributed by atoms with E-state index in [1.807, 2.05) is 6.07 Å². The van der Waals surface area contributed by atoms with Crippen LogP contribution >= 0.6 is 0 Å². The number of pyridine rings is 2. The lowest BCUT2D eigenvalue weighted by Crippen LogP contribution is -2.49. The van der Waals surface area contributed by atoms with Crippen molar-refractivity contribution >= 4 is 17.4 Å². The summed E-state index contributed by atoms with van der Waals surface area (Å²) in [4.78, 5) is 39.8. The van der Waals surface area contributed by atoms with E-state index in [2.05, 4.69) is 36.0 Å². The van der Waals surface area contributed by atoms with Gasteiger partial charge in [-0.1, -0.05) is 0 Å². The molecule has 190 valence electrons. The highest BCUT2D eigenvalue weighted by atomic mass is 16.5. The Morgan fingerprint density at radius 2 is 2.00 bits per heavy atom. The summed E-state index contributed by atoms with van der Waals surface area (Å²) in [6.45, 7) is 5.46. The lowest BCUT2D eigenvalue weighted by Gasteiger charge is -2.35. The van der Waals surface area contributed by atoms with Crippen molar-refractivity contribution in [1.82, 2.24) is 25.1 Å². The number of amides is 1. The topological polar surface area (TPSA) is 131 Å². The molecule has 0 unspecified atom stereocenters. The number of aromatic nitrogens is 4. The Bertz CT molecular complexity index is 1360. The predicted octanol–water partition coefficient (Wildman–Crippen LogP) is 1.75. The number of rotatable bonds is 6. The lowest BCUT2D eigenvalue weighted by molar-refractivity contribution is 0.0740. The Hall–Kier alpha value is -4.46. The molecule has 3 aromatic rings. The molecule has 0 spiro atoms. The highest BCUT2D eigenvalue weighted by Gasteiger charge is 2.28. The molecule has 2 aliphatic heterocycles. The second-order valence-corrected chi connectivity index (χ2v) is 9.18. The molecule has 5 rings (SSSR count). The van der Waals surface area contributed by atoms with Gasteiger partial charge < -0.3 is 19.4 Å². The van der Waals surface area contributed by atoms with Crippen LogP contribution in [0.2, 0.25) is 0 Å². The van der Waals surface area contributed by atoms with Crippen LogP contribution in [0.5, 0.6) is 5.75 Å². The Balaban J connectivity index is 1.18. The van der Waals surface area contributed by atoms with Crippen LogP contribution in [0.3, 0.4) is 0 Å². The third-order valence-electron chi connectivity index (χ3n) is 6.93. The van der Waals surface area contributed by atoms with Gasteiger partial charge in [-0.15, -0.1) is 0 Å². The number of nitriles is 1. The monoisotopic (exact) mass is 500 g/mol. The van der Waals surface area contributed by atoms with Gasteiger partial charge in [-0.05, 0) is 38.0 Å². The van der Waals surface area contributed by atoms with E-state index in [0.29, 0.717) is 55.4 Å². The molecule has 1 atom stereocenters. The maximum atomic E-state index is 13.1. The Morgan fingerprint density at radius 3 is 2.76 bits per heavy atom. The molecule has 3 aromatic heterocycles. The van der Waals surface area contributed by atoms with E-state index in [-0.39, 0.29) is 17.5 Å². The number of nitrogens with one attached hydrogen (secondary N) is 1. The minimum atomic E-state index is -0.185. The van der Waals surface area contributed by atoms with Gasteiger partial charge >= 0.3 is 0 Å². The zero-order chi connectivity index (χ0) is 25.8. The molecule has 5 heterocycles. The van der Waals surface area contributed by atoms with E-state index in [1.54, 1.807) is 48.6 Å². The molecule has 1 amide bonds. The van der Waals surface area contributed by atoms with Crippen molar-refractivity contribution in [3.8, 4) is 11.8 Å². The first-order valence-corrected chi connectivity index (χ1v) is 12.3. The third kappa shape index (κ3) is 5.23. The summed E-state index contributed by atoms with van der Waals surface area (Å²) in [5, 5.41) is 15.4. The van der Waals surface area contributed by atoms with E-state index in [9.17, 15) is 9.59 Å². The van der Waals surface area contributed by atoms with Crippen molar-refractivity contribution in [1.29, 1.82) is 5.26 Å². The molecule has 2 saturated heterocycles. The van der Waals surface area contributed by atoms with Crippen LogP contribution in [0, 0.1) is 18.3 Å². The van der Waals surface area contributed by atoms with Crippen LogP contribution in [0.25, 0.3) is 0 Å². The molecule has 1 N–H and O–H groups in total. The van der Waals surface area contributed by atoms with Crippen LogP contribution in [-0.4, -0.2) is 76.3 Å². The first kappa shape index (κ1) is 24.2. The summed E-state index contributed by atoms with van der Waals surface area (Å²) < 4.78 is 6.09. The van der Waals surface area contributed by atoms with Gasteiger partial charge in [0.15, 0.2) is 0 Å². The number of piperazine rings is 1. The molecule has 0 bridgehead atoms. The number of hydrogen-bond acceptors (Lipinski definition) is 9. The highest BCUT2D eigenvalue weighted by Crippen LogP contribution is 2.27. The average Bonchev–Trinajstić information content (AvgIpc) is 3.42. The summed E-state index contributed by atoms with van der Waals surface area (Å²) in [5.41, 5.74) is 2.16. The van der Waals surface area contributed by atoms with Gasteiger partial charge in [-0.2, -0.15) is 10.4 Å². The fourth-order valence-electron chi connectivity index (χ4n) is 4.81. The number of carbonyl (C=O) groups is 1. The van der Waals surface area contributed by atoms with Crippen molar-refractivity contribution in [3.05, 3.63) is 70.0 Å². The normalized spacial score (nSPS) is 17.5. The first-order chi connectivity index (χ1) is 18.0. The molecule has 11 heteroatoms. The van der Waals surface area contributed by atoms with Crippen LogP contribution < -0.4 is 20.1 Å². The molecule has 2 aliphatic rings. The van der Waals surface area contributed by atoms with Gasteiger partial charge in [0, 0.05) is 56.7 Å². The quantitative estimate of drug-likeness (QED) is 0.538. The van der Waals surface area contributed by atoms with Gasteiger partial charge in [0.25, 0.3) is 11.5 Å². The van der Waals surface area contributed by atoms with Gasteiger partial charge in [-0.3, -0.25) is 14.6 Å². The summed E-state index contributed by atoms with van der Waals surface area (Å²) in [6, 6.07) is 9.21. The maximum absolute atomic E-state index is 13.1. The number of H-pyrrole nitrogens is 1. The Labute approximate surface area is 214 Å². The molecule has 0 saturated carbocycles. The Morgan fingerprint density at radius 1 is 1.16 bits per heavy atom. The highest BCUT2D eigenvalue weighted by molar-refractivity contribution is 5.92. The van der Waals surface area contributed by atoms with Crippen LogP contribution in [0.1, 0.15) is 34.5 Å². The molecule has 0 aliphatic carbocycles. The molecule has 0 aromatic carbocycles. The van der Waals surface area contributed by atoms with Crippen LogP contribution in [0.15, 0.2) is 47.7 Å². The summed E-state index contributed by atoms with van der Waals surface area (Å²) in [7, 11) is 0. The second-order valence-electron chi connectivity index (χ2n) is 9.18. The van der Waals surface area contributed by atoms with Crippen molar-refractivity contribution in [2.45, 2.75) is 25.8 Å². The molecular formula is C26H28N8O3. The van der Waals surface area contributed by atoms with Crippen LogP contribution in [0.4, 0.5) is 11.5 Å². The second kappa shape index (κ2) is 10.7. The molecule has 2 fully saturated rings. The average molecular weight is 501 g/mol. The first-order valence-electron chi connectivity index (χ1n) is 12.3. The summed E-state index contributed by atoms with van der Waals surface area (Å²) in [6.07, 6.45) is 6.79. The van der Waals surface area contributed by atoms with E-state index in [0.717, 1.165) is 30.9 Å². The van der Waals surface area contributed by atoms with Crippen molar-refractivity contribution in [2.24, 2.45) is 0 Å². The fraction of sp³-hybridized carbons (Fsp3) is 0.385. The standard InChI is InChI=1S/C26H28N8O3/c1-18-23(16-30-31-25(18)35)34-8-2-3-20(34)17-37-21-6-7-28-22(13-21)26(36)33-11-9-32(10-12-33)24-5-4-19(14-27)15-29-24/h4-7,13,15-16,20H,2-3,8-12,17H2,1H3,(H,31,35)/t20-/m0/s1. The zero-order valence-electron chi connectivity index (χ0n) is 20.6. The van der Waals surface area contributed by atoms with E-state index < -0.39 is 0 Å². The van der Waals surface area contributed by atoms with Gasteiger partial charge in [0.2, 0.25) is 0 Å². The number of carbonyl (C=O) groups excluding carboxylic acids is 1. The van der Waals surface area contributed by atoms with Gasteiger partial charge in [-0.25, -0.2) is 10.1 Å². The number of ether oxygens (including phenoxy) is 1. The van der Waals surface area contributed by atoms with E-state index >= 15 is 0 Å². The van der Waals surface area contributed by atoms with Crippen molar-refractivity contribution in [3.63, 3.8) is 0 Å². The SMILES string of the molecule is Cc1c(N2CCC[C@H]2COc2ccnc(C(=O)N3CCN(c4ccc(C#N)cn4)CC3)c2)cn[nH]c1=O. The molecule has 37 heavy (non-hydrogen) atoms. The minimum Gasteiger partial charge on any atom is -0.491 e. The summed E-state index contributed by atoms with van der Waals surface area (Å²) >= 11 is 0. The van der Waals surface area contributed by atoms with Crippen LogP contribution in [-0.2, 0) is 0 Å². The van der Waals surface area contributed by atoms with Gasteiger partial charge in [0.05, 0.1) is 23.5 Å². The number of hydrogen-bond donors (Lipinski definition) is 1. The lowest BCUT2D eigenvalue weighted by atomic mass is 10.2. The van der Waals surface area contributed by atoms with E-state index in [1.165, 1.54) is 0 Å². The zero-order valence-corrected chi connectivity index (χ0v) is 20.6. The van der Waals surface area contributed by atoms with Crippen molar-refractivity contribution in [2.75, 3.05) is 49.1 Å². The molecular weight excluding hydrogens is 472 g/mol. The summed E-state index contributed by atoms with van der Waals surface area (Å²) in [5.74, 6) is 1.25. The minimum absolute atomic E-state index is 0.110. The largest absolute Gasteiger partial charge is 0.491 e. The molecule has 0 radical (unpaired) electrons. The van der Waals surface area contributed by atoms with E-state index in [4.69, 9.17) is 10.00 Å². The number of nitrogens with zero attached hydrogens (tertiary/aromatic N) is 7. The number of anilines is 2. The fourth-order valence-corrected chi connectivity index (χ4v) is 4.81. The Kier molecular flexibility index (Phi) is 6.98. The predicted molar refractivity (Wildman–Crippen MR) is 137 cm³/mol. The van der Waals surface area contributed by atoms with Gasteiger partial charge in [0.1, 0.15) is 29.9 Å². The molecule has 11 nitrogen and oxygen atoms in total. The van der Waals surface area contributed by atoms with Crippen molar-refractivity contribution < 1.29 is 9.53 Å². The third-order valence-corrected chi connectivity index (χ3v) is 6.93. The number of aromatic amines is 1.